The molecule has 0 spiro atoms. The van der Waals surface area contributed by atoms with E-state index in [4.69, 9.17) is 4.74 Å². The van der Waals surface area contributed by atoms with Crippen LogP contribution in [0.4, 0.5) is 0 Å². The Balaban J connectivity index is 2.79. The minimum atomic E-state index is 0.617. The quantitative estimate of drug-likeness (QED) is 0.789. The normalized spacial score (nSPS) is 10.0. The molecule has 3 nitrogen and oxygen atoms in total. The number of para-hydroxylation sites is 1. The molecular formula is C14H14N2O. The minimum Gasteiger partial charge on any atom is -0.495 e. The maximum absolute atomic E-state index is 9.20. The largest absolute Gasteiger partial charge is 0.495 e. The van der Waals surface area contributed by atoms with Crippen molar-refractivity contribution in [3.63, 3.8) is 0 Å². The van der Waals surface area contributed by atoms with E-state index in [1.54, 1.807) is 13.2 Å². The highest BCUT2D eigenvalue weighted by molar-refractivity contribution is 5.59. The summed E-state index contributed by atoms with van der Waals surface area (Å²) in [5, 5.41) is 9.20. The zero-order chi connectivity index (χ0) is 12.4. The number of rotatable bonds is 2. The third-order valence-corrected chi connectivity index (χ3v) is 2.83. The molecule has 0 aliphatic heterocycles. The zero-order valence-electron chi connectivity index (χ0n) is 10.2. The first-order valence-electron chi connectivity index (χ1n) is 5.41. The minimum absolute atomic E-state index is 0.617. The number of benzene rings is 1. The average molecular weight is 226 g/mol. The smallest absolute Gasteiger partial charge is 0.144 e. The summed E-state index contributed by atoms with van der Waals surface area (Å²) in [5.41, 5.74) is 3.61. The summed E-state index contributed by atoms with van der Waals surface area (Å²) in [7, 11) is 1.62. The first-order chi connectivity index (χ1) is 8.19. The monoisotopic (exact) mass is 226 g/mol. The van der Waals surface area contributed by atoms with Crippen molar-refractivity contribution < 1.29 is 4.74 Å². The second-order valence-electron chi connectivity index (χ2n) is 3.92. The Labute approximate surface area is 101 Å². The van der Waals surface area contributed by atoms with E-state index in [0.717, 1.165) is 17.1 Å². The second kappa shape index (κ2) is 4.34. The van der Waals surface area contributed by atoms with Crippen LogP contribution in [0, 0.1) is 25.2 Å². The number of hydrogen-bond acceptors (Lipinski definition) is 2. The van der Waals surface area contributed by atoms with Crippen LogP contribution in [0.3, 0.4) is 0 Å². The first-order valence-corrected chi connectivity index (χ1v) is 5.41. The standard InChI is InChI=1S/C14H14N2O/c1-10-7-8-11(2)16(10)14-12(9-15)5-4-6-13(14)17-3/h4-8H,1-3H3. The van der Waals surface area contributed by atoms with Crippen LogP contribution in [0.5, 0.6) is 5.75 Å². The van der Waals surface area contributed by atoms with Crippen LogP contribution in [0.15, 0.2) is 30.3 Å². The van der Waals surface area contributed by atoms with Crippen LogP contribution in [0.2, 0.25) is 0 Å². The van der Waals surface area contributed by atoms with Gasteiger partial charge in [0.2, 0.25) is 0 Å². The molecule has 1 heterocycles. The van der Waals surface area contributed by atoms with Crippen LogP contribution in [0.25, 0.3) is 5.69 Å². The molecule has 0 radical (unpaired) electrons. The van der Waals surface area contributed by atoms with Crippen LogP contribution >= 0.6 is 0 Å². The molecule has 1 aromatic carbocycles. The van der Waals surface area contributed by atoms with Gasteiger partial charge in [0.1, 0.15) is 17.5 Å². The Morgan fingerprint density at radius 1 is 1.12 bits per heavy atom. The SMILES string of the molecule is COc1cccc(C#N)c1-n1c(C)ccc1C. The molecule has 1 aromatic heterocycles. The molecule has 0 saturated carbocycles. The van der Waals surface area contributed by atoms with Crippen LogP contribution in [-0.4, -0.2) is 11.7 Å². The number of nitriles is 1. The Hall–Kier alpha value is -2.21. The van der Waals surface area contributed by atoms with E-state index < -0.39 is 0 Å². The number of ether oxygens (including phenoxy) is 1. The van der Waals surface area contributed by atoms with Crippen molar-refractivity contribution in [3.05, 3.63) is 47.3 Å². The summed E-state index contributed by atoms with van der Waals surface area (Å²) in [5.74, 6) is 0.714. The second-order valence-corrected chi connectivity index (χ2v) is 3.92. The fraction of sp³-hybridized carbons (Fsp3) is 0.214. The number of aromatic nitrogens is 1. The van der Waals surface area contributed by atoms with Crippen molar-refractivity contribution in [1.82, 2.24) is 4.57 Å². The molecule has 2 rings (SSSR count). The molecule has 0 bridgehead atoms. The molecule has 0 saturated heterocycles. The molecule has 2 aromatic rings. The van der Waals surface area contributed by atoms with Gasteiger partial charge in [-0.2, -0.15) is 5.26 Å². The molecule has 0 N–H and O–H groups in total. The molecule has 0 amide bonds. The molecule has 17 heavy (non-hydrogen) atoms. The predicted molar refractivity (Wildman–Crippen MR) is 66.5 cm³/mol. The van der Waals surface area contributed by atoms with Crippen LogP contribution in [0.1, 0.15) is 17.0 Å². The number of aryl methyl sites for hydroxylation is 2. The van der Waals surface area contributed by atoms with Gasteiger partial charge in [0, 0.05) is 11.4 Å². The van der Waals surface area contributed by atoms with Gasteiger partial charge in [-0.3, -0.25) is 0 Å². The van der Waals surface area contributed by atoms with Crippen LogP contribution < -0.4 is 4.74 Å². The Bertz CT molecular complexity index is 571. The van der Waals surface area contributed by atoms with Gasteiger partial charge >= 0.3 is 0 Å². The van der Waals surface area contributed by atoms with E-state index in [9.17, 15) is 5.26 Å². The van der Waals surface area contributed by atoms with Crippen molar-refractivity contribution in [2.24, 2.45) is 0 Å². The van der Waals surface area contributed by atoms with E-state index in [0.29, 0.717) is 11.3 Å². The third-order valence-electron chi connectivity index (χ3n) is 2.83. The summed E-state index contributed by atoms with van der Waals surface area (Å²) in [6.07, 6.45) is 0. The van der Waals surface area contributed by atoms with Crippen molar-refractivity contribution in [1.29, 1.82) is 5.26 Å². The average Bonchev–Trinajstić information content (AvgIpc) is 2.68. The Kier molecular flexibility index (Phi) is 2.88. The molecule has 86 valence electrons. The van der Waals surface area contributed by atoms with Gasteiger partial charge < -0.3 is 9.30 Å². The van der Waals surface area contributed by atoms with Crippen molar-refractivity contribution in [3.8, 4) is 17.5 Å². The van der Waals surface area contributed by atoms with Gasteiger partial charge in [0.15, 0.2) is 0 Å². The van der Waals surface area contributed by atoms with Gasteiger partial charge in [-0.05, 0) is 38.1 Å². The lowest BCUT2D eigenvalue weighted by Gasteiger charge is -2.15. The van der Waals surface area contributed by atoms with E-state index in [-0.39, 0.29) is 0 Å². The van der Waals surface area contributed by atoms with E-state index in [2.05, 4.69) is 6.07 Å². The Morgan fingerprint density at radius 2 is 1.76 bits per heavy atom. The number of hydrogen-bond donors (Lipinski definition) is 0. The highest BCUT2D eigenvalue weighted by Gasteiger charge is 2.13. The van der Waals surface area contributed by atoms with E-state index >= 15 is 0 Å². The van der Waals surface area contributed by atoms with Gasteiger partial charge in [-0.15, -0.1) is 0 Å². The van der Waals surface area contributed by atoms with Crippen LogP contribution in [-0.2, 0) is 0 Å². The lowest BCUT2D eigenvalue weighted by molar-refractivity contribution is 0.412. The molecular weight excluding hydrogens is 212 g/mol. The molecule has 0 aliphatic rings. The summed E-state index contributed by atoms with van der Waals surface area (Å²) in [6.45, 7) is 4.03. The summed E-state index contributed by atoms with van der Waals surface area (Å²) in [6, 6.07) is 11.8. The van der Waals surface area contributed by atoms with Gasteiger partial charge in [0.05, 0.1) is 12.7 Å². The molecule has 0 fully saturated rings. The first kappa shape index (κ1) is 11.3. The fourth-order valence-electron chi connectivity index (χ4n) is 2.03. The van der Waals surface area contributed by atoms with Crippen molar-refractivity contribution in [2.45, 2.75) is 13.8 Å². The Morgan fingerprint density at radius 3 is 2.29 bits per heavy atom. The summed E-state index contributed by atoms with van der Waals surface area (Å²) >= 11 is 0. The lowest BCUT2D eigenvalue weighted by atomic mass is 10.1. The van der Waals surface area contributed by atoms with E-state index in [1.807, 2.05) is 42.7 Å². The summed E-state index contributed by atoms with van der Waals surface area (Å²) in [4.78, 5) is 0. The van der Waals surface area contributed by atoms with Crippen molar-refractivity contribution in [2.75, 3.05) is 7.11 Å². The summed E-state index contributed by atoms with van der Waals surface area (Å²) < 4.78 is 7.39. The van der Waals surface area contributed by atoms with E-state index in [1.165, 1.54) is 0 Å². The predicted octanol–water partition coefficient (Wildman–Crippen LogP) is 2.97. The fourth-order valence-corrected chi connectivity index (χ4v) is 2.03. The highest BCUT2D eigenvalue weighted by Crippen LogP contribution is 2.29. The third kappa shape index (κ3) is 1.78. The highest BCUT2D eigenvalue weighted by atomic mass is 16.5. The van der Waals surface area contributed by atoms with Gasteiger partial charge in [0.25, 0.3) is 0 Å². The maximum atomic E-state index is 9.20. The number of nitrogens with zero attached hydrogens (tertiary/aromatic N) is 2. The molecule has 0 unspecified atom stereocenters. The lowest BCUT2D eigenvalue weighted by Crippen LogP contribution is -2.04. The van der Waals surface area contributed by atoms with Crippen molar-refractivity contribution >= 4 is 0 Å². The molecule has 0 aliphatic carbocycles. The number of methoxy groups -OCH3 is 1. The van der Waals surface area contributed by atoms with Gasteiger partial charge in [-0.25, -0.2) is 0 Å². The topological polar surface area (TPSA) is 37.9 Å². The zero-order valence-corrected chi connectivity index (χ0v) is 10.2. The molecule has 0 atom stereocenters. The molecule has 3 heteroatoms. The van der Waals surface area contributed by atoms with Gasteiger partial charge in [-0.1, -0.05) is 6.07 Å². The maximum Gasteiger partial charge on any atom is 0.144 e.